The number of rotatable bonds is 10. The highest BCUT2D eigenvalue weighted by Gasteiger charge is 2.44. The Bertz CT molecular complexity index is 1860. The predicted molar refractivity (Wildman–Crippen MR) is 180 cm³/mol. The highest BCUT2D eigenvalue weighted by Crippen LogP contribution is 2.43. The van der Waals surface area contributed by atoms with Crippen LogP contribution in [0.2, 0.25) is 0 Å². The summed E-state index contributed by atoms with van der Waals surface area (Å²) in [7, 11) is 1.96. The topological polar surface area (TPSA) is 98.4 Å². The summed E-state index contributed by atoms with van der Waals surface area (Å²) < 4.78 is 18.1. The number of allylic oxidation sites excluding steroid dienone is 1. The molecule has 1 aromatic heterocycles. The van der Waals surface area contributed by atoms with Crippen LogP contribution in [-0.4, -0.2) is 48.9 Å². The third-order valence-electron chi connectivity index (χ3n) is 8.20. The van der Waals surface area contributed by atoms with Gasteiger partial charge in [0.1, 0.15) is 23.9 Å². The number of aliphatic imine (C=N–C) groups is 1. The second-order valence-corrected chi connectivity index (χ2v) is 12.0. The first-order chi connectivity index (χ1) is 22.1. The lowest BCUT2D eigenvalue weighted by molar-refractivity contribution is -0.150. The van der Waals surface area contributed by atoms with E-state index < -0.39 is 23.8 Å². The summed E-state index contributed by atoms with van der Waals surface area (Å²) in [6.07, 6.45) is -0.388. The quantitative estimate of drug-likeness (QED) is 0.179. The third-order valence-corrected chi connectivity index (χ3v) is 8.20. The molecular formula is C38H40N2O6. The zero-order valence-corrected chi connectivity index (χ0v) is 27.2. The Morgan fingerprint density at radius 2 is 1.61 bits per heavy atom. The molecule has 5 rings (SSSR count). The Morgan fingerprint density at radius 3 is 2.28 bits per heavy atom. The fraction of sp³-hybridized carbons (Fsp3) is 0.316. The SMILES string of the molecule is CC1=NC(C)=C(C(=O)OCCN(C)Cc2ccccc2)C(c2cccc3c(=O)c(C)c(-c4ccccc4)oc23)C1C(=O)OC(C)C. The normalized spacial score (nSPS) is 16.6. The molecule has 2 heterocycles. The molecule has 0 radical (unpaired) electrons. The van der Waals surface area contributed by atoms with Crippen molar-refractivity contribution in [1.82, 2.24) is 4.90 Å². The Kier molecular flexibility index (Phi) is 9.97. The minimum atomic E-state index is -0.938. The summed E-state index contributed by atoms with van der Waals surface area (Å²) in [6, 6.07) is 24.7. The number of hydrogen-bond donors (Lipinski definition) is 0. The van der Waals surface area contributed by atoms with Crippen LogP contribution in [0.3, 0.4) is 0 Å². The molecule has 0 fully saturated rings. The lowest BCUT2D eigenvalue weighted by atomic mass is 9.75. The minimum absolute atomic E-state index is 0.136. The summed E-state index contributed by atoms with van der Waals surface area (Å²) in [5, 5.41) is 0.360. The molecule has 238 valence electrons. The van der Waals surface area contributed by atoms with Crippen LogP contribution >= 0.6 is 0 Å². The van der Waals surface area contributed by atoms with E-state index in [0.717, 1.165) is 11.1 Å². The Morgan fingerprint density at radius 1 is 0.935 bits per heavy atom. The largest absolute Gasteiger partial charge is 0.462 e. The number of nitrogens with zero attached hydrogens (tertiary/aromatic N) is 2. The van der Waals surface area contributed by atoms with E-state index in [2.05, 4.69) is 9.89 Å². The molecule has 3 aromatic carbocycles. The second-order valence-electron chi connectivity index (χ2n) is 12.0. The first-order valence-electron chi connectivity index (χ1n) is 15.5. The van der Waals surface area contributed by atoms with Crippen molar-refractivity contribution in [2.45, 2.75) is 53.2 Å². The number of ether oxygens (including phenoxy) is 2. The maximum Gasteiger partial charge on any atom is 0.336 e. The van der Waals surface area contributed by atoms with Crippen LogP contribution in [0.1, 0.15) is 50.3 Å². The van der Waals surface area contributed by atoms with Gasteiger partial charge in [-0.3, -0.25) is 19.5 Å². The predicted octanol–water partition coefficient (Wildman–Crippen LogP) is 6.84. The van der Waals surface area contributed by atoms with E-state index in [1.54, 1.807) is 52.8 Å². The average Bonchev–Trinajstić information content (AvgIpc) is 3.02. The molecule has 0 amide bonds. The average molecular weight is 621 g/mol. The van der Waals surface area contributed by atoms with E-state index in [9.17, 15) is 14.4 Å². The number of carbonyl (C=O) groups is 2. The summed E-state index contributed by atoms with van der Waals surface area (Å²) >= 11 is 0. The molecular weight excluding hydrogens is 580 g/mol. The highest BCUT2D eigenvalue weighted by atomic mass is 16.5. The molecule has 4 aromatic rings. The number of para-hydroxylation sites is 1. The molecule has 2 atom stereocenters. The third kappa shape index (κ3) is 6.87. The van der Waals surface area contributed by atoms with Crippen molar-refractivity contribution in [3.63, 3.8) is 0 Å². The molecule has 8 nitrogen and oxygen atoms in total. The van der Waals surface area contributed by atoms with E-state index in [4.69, 9.17) is 13.9 Å². The Labute approximate surface area is 269 Å². The Hall–Kier alpha value is -4.82. The van der Waals surface area contributed by atoms with Gasteiger partial charge in [-0.2, -0.15) is 0 Å². The van der Waals surface area contributed by atoms with Gasteiger partial charge in [0.25, 0.3) is 0 Å². The van der Waals surface area contributed by atoms with Crippen molar-refractivity contribution in [2.24, 2.45) is 10.9 Å². The zero-order chi connectivity index (χ0) is 33.0. The van der Waals surface area contributed by atoms with Crippen LogP contribution in [0.25, 0.3) is 22.3 Å². The van der Waals surface area contributed by atoms with Gasteiger partial charge < -0.3 is 13.9 Å². The van der Waals surface area contributed by atoms with Crippen LogP contribution in [0.15, 0.2) is 104 Å². The minimum Gasteiger partial charge on any atom is -0.462 e. The molecule has 8 heteroatoms. The fourth-order valence-corrected chi connectivity index (χ4v) is 6.04. The first-order valence-corrected chi connectivity index (χ1v) is 15.5. The number of esters is 2. The van der Waals surface area contributed by atoms with Crippen molar-refractivity contribution in [3.05, 3.63) is 117 Å². The summed E-state index contributed by atoms with van der Waals surface area (Å²) in [4.78, 5) is 48.1. The van der Waals surface area contributed by atoms with Crippen LogP contribution in [-0.2, 0) is 25.6 Å². The molecule has 2 unspecified atom stereocenters. The smallest absolute Gasteiger partial charge is 0.336 e. The van der Waals surface area contributed by atoms with E-state index in [-0.39, 0.29) is 23.7 Å². The van der Waals surface area contributed by atoms with Crippen LogP contribution in [0.4, 0.5) is 0 Å². The van der Waals surface area contributed by atoms with Crippen molar-refractivity contribution >= 4 is 28.6 Å². The zero-order valence-electron chi connectivity index (χ0n) is 27.2. The van der Waals surface area contributed by atoms with Gasteiger partial charge in [-0.1, -0.05) is 72.8 Å². The number of hydrogen-bond acceptors (Lipinski definition) is 8. The van der Waals surface area contributed by atoms with Gasteiger partial charge in [-0.25, -0.2) is 4.79 Å². The maximum atomic E-state index is 14.0. The van der Waals surface area contributed by atoms with Gasteiger partial charge in [-0.05, 0) is 53.3 Å². The molecule has 0 saturated carbocycles. The van der Waals surface area contributed by atoms with Gasteiger partial charge >= 0.3 is 11.9 Å². The van der Waals surface area contributed by atoms with E-state index in [0.29, 0.717) is 52.4 Å². The van der Waals surface area contributed by atoms with Gasteiger partial charge in [0.15, 0.2) is 5.43 Å². The number of benzene rings is 3. The van der Waals surface area contributed by atoms with Gasteiger partial charge in [-0.15, -0.1) is 0 Å². The summed E-state index contributed by atoms with van der Waals surface area (Å²) in [6.45, 7) is 10.1. The van der Waals surface area contributed by atoms with Crippen LogP contribution in [0.5, 0.6) is 0 Å². The van der Waals surface area contributed by atoms with Crippen molar-refractivity contribution in [3.8, 4) is 11.3 Å². The molecule has 46 heavy (non-hydrogen) atoms. The lowest BCUT2D eigenvalue weighted by Crippen LogP contribution is -2.38. The lowest BCUT2D eigenvalue weighted by Gasteiger charge is -2.32. The molecule has 0 aliphatic carbocycles. The molecule has 1 aliphatic heterocycles. The maximum absolute atomic E-state index is 14.0. The van der Waals surface area contributed by atoms with Crippen molar-refractivity contribution < 1.29 is 23.5 Å². The molecule has 0 bridgehead atoms. The molecule has 0 N–H and O–H groups in total. The van der Waals surface area contributed by atoms with Gasteiger partial charge in [0.05, 0.1) is 17.1 Å². The monoisotopic (exact) mass is 620 g/mol. The fourth-order valence-electron chi connectivity index (χ4n) is 6.04. The van der Waals surface area contributed by atoms with Crippen molar-refractivity contribution in [1.29, 1.82) is 0 Å². The summed E-state index contributed by atoms with van der Waals surface area (Å²) in [5.41, 5.74) is 4.18. The molecule has 1 aliphatic rings. The highest BCUT2D eigenvalue weighted by molar-refractivity contribution is 6.07. The molecule has 0 spiro atoms. The number of carbonyl (C=O) groups excluding carboxylic acids is 2. The van der Waals surface area contributed by atoms with Crippen LogP contribution in [0, 0.1) is 12.8 Å². The van der Waals surface area contributed by atoms with Gasteiger partial charge in [0.2, 0.25) is 0 Å². The first kappa shape index (κ1) is 32.6. The number of likely N-dealkylation sites (N-methyl/N-ethyl adjacent to an activating group) is 1. The standard InChI is InChI=1S/C38H40N2O6/c1-23(2)45-38(43)32-26(5)39-25(4)31(37(42)44-21-20-40(6)22-27-14-9-7-10-15-27)33(32)29-18-13-19-30-34(41)24(3)35(46-36(29)30)28-16-11-8-12-17-28/h7-19,23,32-33H,20-22H2,1-6H3. The Balaban J connectivity index is 1.57. The molecule has 0 saturated heterocycles. The van der Waals surface area contributed by atoms with E-state index >= 15 is 0 Å². The number of fused-ring (bicyclic) bond motifs is 1. The van der Waals surface area contributed by atoms with Crippen LogP contribution < -0.4 is 5.43 Å². The summed E-state index contributed by atoms with van der Waals surface area (Å²) in [5.74, 6) is -2.47. The van der Waals surface area contributed by atoms with E-state index in [1.165, 1.54) is 0 Å². The van der Waals surface area contributed by atoms with Crippen molar-refractivity contribution in [2.75, 3.05) is 20.2 Å². The van der Waals surface area contributed by atoms with Gasteiger partial charge in [0, 0.05) is 47.1 Å². The second kappa shape index (κ2) is 14.1. The van der Waals surface area contributed by atoms with E-state index in [1.807, 2.05) is 67.7 Å².